The third-order valence-corrected chi connectivity index (χ3v) is 7.23. The van der Waals surface area contributed by atoms with Gasteiger partial charge in [0.1, 0.15) is 6.10 Å². The van der Waals surface area contributed by atoms with Crippen LogP contribution in [0.3, 0.4) is 0 Å². The summed E-state index contributed by atoms with van der Waals surface area (Å²) >= 11 is 1.49. The number of aromatic nitrogens is 5. The third kappa shape index (κ3) is 5.66. The number of methoxy groups -OCH3 is 1. The fraction of sp³-hybridized carbons (Fsp3) is 0.522. The lowest BCUT2D eigenvalue weighted by atomic mass is 9.92. The highest BCUT2D eigenvalue weighted by Gasteiger charge is 2.31. The van der Waals surface area contributed by atoms with Crippen LogP contribution in [0.25, 0.3) is 10.6 Å². The average Bonchev–Trinajstić information content (AvgIpc) is 3.31. The summed E-state index contributed by atoms with van der Waals surface area (Å²) in [5.41, 5.74) is 1.89. The van der Waals surface area contributed by atoms with Gasteiger partial charge in [0.25, 0.3) is 0 Å². The predicted octanol–water partition coefficient (Wildman–Crippen LogP) is 2.83. The Morgan fingerprint density at radius 2 is 1.76 bits per heavy atom. The van der Waals surface area contributed by atoms with Gasteiger partial charge in [0.2, 0.25) is 5.95 Å². The largest absolute Gasteiger partial charge is 0.460 e. The standard InChI is InChI=1S/C23H30N8O2S/c1-3-30-6-8-31(9-7-30)15-16-12-25-21(26-13-16)29-23-27-14-20(34-23)19-4-5-24-22(28-19)33-18-10-17(11-18)32-2/h4-5,12-14,17-18H,3,6-11,15H2,1-2H3,(H,25,26,27,29). The van der Waals surface area contributed by atoms with E-state index in [2.05, 4.69) is 47.0 Å². The number of likely N-dealkylation sites (N-methyl/N-ethyl adjacent to an activating group) is 1. The first-order valence-electron chi connectivity index (χ1n) is 11.7. The molecule has 4 heterocycles. The second kappa shape index (κ2) is 10.7. The van der Waals surface area contributed by atoms with E-state index in [-0.39, 0.29) is 12.2 Å². The third-order valence-electron chi connectivity index (χ3n) is 6.29. The minimum Gasteiger partial charge on any atom is -0.460 e. The van der Waals surface area contributed by atoms with Crippen molar-refractivity contribution in [3.63, 3.8) is 0 Å². The minimum atomic E-state index is 0.111. The Hall–Kier alpha value is -2.73. The molecule has 1 saturated heterocycles. The molecule has 0 amide bonds. The van der Waals surface area contributed by atoms with Gasteiger partial charge in [-0.25, -0.2) is 19.9 Å². The molecule has 1 N–H and O–H groups in total. The number of ether oxygens (including phenoxy) is 2. The van der Waals surface area contributed by atoms with Gasteiger partial charge in [-0.2, -0.15) is 4.98 Å². The molecular formula is C23H30N8O2S. The number of nitrogens with zero attached hydrogens (tertiary/aromatic N) is 7. The Bertz CT molecular complexity index is 1060. The maximum atomic E-state index is 5.86. The van der Waals surface area contributed by atoms with E-state index in [0.717, 1.165) is 68.2 Å². The van der Waals surface area contributed by atoms with Crippen LogP contribution in [0.1, 0.15) is 25.3 Å². The van der Waals surface area contributed by atoms with Crippen molar-refractivity contribution in [1.29, 1.82) is 0 Å². The quantitative estimate of drug-likeness (QED) is 0.490. The van der Waals surface area contributed by atoms with E-state index in [1.807, 2.05) is 18.5 Å². The van der Waals surface area contributed by atoms with Crippen LogP contribution in [0.5, 0.6) is 6.01 Å². The van der Waals surface area contributed by atoms with Crippen molar-refractivity contribution in [1.82, 2.24) is 34.7 Å². The Morgan fingerprint density at radius 3 is 2.50 bits per heavy atom. The van der Waals surface area contributed by atoms with E-state index in [1.54, 1.807) is 19.5 Å². The zero-order valence-corrected chi connectivity index (χ0v) is 20.4. The average molecular weight is 483 g/mol. The molecule has 0 spiro atoms. The molecule has 180 valence electrons. The lowest BCUT2D eigenvalue weighted by Gasteiger charge is -2.33. The number of hydrogen-bond acceptors (Lipinski definition) is 11. The smallest absolute Gasteiger partial charge is 0.317 e. The van der Waals surface area contributed by atoms with Gasteiger partial charge in [0.15, 0.2) is 5.13 Å². The fourth-order valence-corrected chi connectivity index (χ4v) is 4.84. The van der Waals surface area contributed by atoms with Gasteiger partial charge in [-0.1, -0.05) is 18.3 Å². The Labute approximate surface area is 203 Å². The first-order chi connectivity index (χ1) is 16.7. The number of piperazine rings is 1. The van der Waals surface area contributed by atoms with Crippen LogP contribution in [0.2, 0.25) is 0 Å². The molecule has 2 aliphatic rings. The van der Waals surface area contributed by atoms with Gasteiger partial charge in [-0.3, -0.25) is 4.90 Å². The van der Waals surface area contributed by atoms with E-state index >= 15 is 0 Å². The summed E-state index contributed by atoms with van der Waals surface area (Å²) in [7, 11) is 1.72. The topological polar surface area (TPSA) is 101 Å². The molecule has 0 radical (unpaired) electrons. The molecule has 0 bridgehead atoms. The van der Waals surface area contributed by atoms with Crippen LogP contribution in [-0.2, 0) is 11.3 Å². The van der Waals surface area contributed by atoms with Crippen molar-refractivity contribution in [2.24, 2.45) is 0 Å². The van der Waals surface area contributed by atoms with Crippen LogP contribution in [0, 0.1) is 0 Å². The van der Waals surface area contributed by atoms with Crippen LogP contribution in [0.15, 0.2) is 30.9 Å². The zero-order valence-electron chi connectivity index (χ0n) is 19.6. The minimum absolute atomic E-state index is 0.111. The SMILES string of the molecule is CCN1CCN(Cc2cnc(Nc3ncc(-c4ccnc(OC5CC(OC)C5)n4)s3)nc2)CC1. The van der Waals surface area contributed by atoms with Crippen molar-refractivity contribution >= 4 is 22.4 Å². The van der Waals surface area contributed by atoms with Gasteiger partial charge in [0, 0.05) is 83.0 Å². The summed E-state index contributed by atoms with van der Waals surface area (Å²) < 4.78 is 11.2. The second-order valence-electron chi connectivity index (χ2n) is 8.57. The normalized spacial score (nSPS) is 21.2. The maximum Gasteiger partial charge on any atom is 0.317 e. The second-order valence-corrected chi connectivity index (χ2v) is 9.60. The fourth-order valence-electron chi connectivity index (χ4n) is 4.06. The first-order valence-corrected chi connectivity index (χ1v) is 12.5. The van der Waals surface area contributed by atoms with E-state index in [1.165, 1.54) is 11.3 Å². The molecule has 0 atom stereocenters. The van der Waals surface area contributed by atoms with Crippen LogP contribution < -0.4 is 10.1 Å². The first kappa shape index (κ1) is 23.0. The van der Waals surface area contributed by atoms with Gasteiger partial charge in [-0.15, -0.1) is 0 Å². The molecule has 0 aromatic carbocycles. The van der Waals surface area contributed by atoms with Gasteiger partial charge >= 0.3 is 6.01 Å². The highest BCUT2D eigenvalue weighted by molar-refractivity contribution is 7.18. The Balaban J connectivity index is 1.15. The molecule has 3 aromatic rings. The highest BCUT2D eigenvalue weighted by Crippen LogP contribution is 2.31. The monoisotopic (exact) mass is 482 g/mol. The molecule has 5 rings (SSSR count). The number of nitrogens with one attached hydrogen (secondary N) is 1. The van der Waals surface area contributed by atoms with Gasteiger partial charge in [-0.05, 0) is 12.6 Å². The molecule has 1 saturated carbocycles. The number of hydrogen-bond donors (Lipinski definition) is 1. The summed E-state index contributed by atoms with van der Waals surface area (Å²) in [6.07, 6.45) is 9.39. The molecule has 0 unspecified atom stereocenters. The molecule has 1 aliphatic heterocycles. The molecule has 3 aromatic heterocycles. The van der Waals surface area contributed by atoms with Crippen molar-refractivity contribution in [3.05, 3.63) is 36.4 Å². The van der Waals surface area contributed by atoms with E-state index in [4.69, 9.17) is 9.47 Å². The molecule has 11 heteroatoms. The molecule has 1 aliphatic carbocycles. The zero-order chi connectivity index (χ0) is 23.3. The molecular weight excluding hydrogens is 452 g/mol. The van der Waals surface area contributed by atoms with Crippen molar-refractivity contribution in [3.8, 4) is 16.6 Å². The summed E-state index contributed by atoms with van der Waals surface area (Å²) in [5.74, 6) is 0.532. The van der Waals surface area contributed by atoms with Gasteiger partial charge < -0.3 is 19.7 Å². The number of thiazole rings is 1. The van der Waals surface area contributed by atoms with Crippen molar-refractivity contribution in [2.75, 3.05) is 45.2 Å². The summed E-state index contributed by atoms with van der Waals surface area (Å²) in [5, 5.41) is 3.90. The maximum absolute atomic E-state index is 5.86. The predicted molar refractivity (Wildman–Crippen MR) is 130 cm³/mol. The number of anilines is 2. The lowest BCUT2D eigenvalue weighted by molar-refractivity contribution is -0.0413. The van der Waals surface area contributed by atoms with Gasteiger partial charge in [0.05, 0.1) is 16.7 Å². The summed E-state index contributed by atoms with van der Waals surface area (Å²) in [4.78, 5) is 28.0. The Kier molecular flexibility index (Phi) is 7.24. The van der Waals surface area contributed by atoms with Crippen LogP contribution >= 0.6 is 11.3 Å². The van der Waals surface area contributed by atoms with Crippen LogP contribution in [0.4, 0.5) is 11.1 Å². The van der Waals surface area contributed by atoms with E-state index < -0.39 is 0 Å². The van der Waals surface area contributed by atoms with Crippen molar-refractivity contribution in [2.45, 2.75) is 38.5 Å². The molecule has 2 fully saturated rings. The highest BCUT2D eigenvalue weighted by atomic mass is 32.1. The van der Waals surface area contributed by atoms with E-state index in [0.29, 0.717) is 17.1 Å². The number of rotatable bonds is 9. The summed E-state index contributed by atoms with van der Waals surface area (Å²) in [6.45, 7) is 8.63. The van der Waals surface area contributed by atoms with E-state index in [9.17, 15) is 0 Å². The Morgan fingerprint density at radius 1 is 1.00 bits per heavy atom. The molecule has 10 nitrogen and oxygen atoms in total. The molecule has 34 heavy (non-hydrogen) atoms. The lowest BCUT2D eigenvalue weighted by Crippen LogP contribution is -2.45. The summed E-state index contributed by atoms with van der Waals surface area (Å²) in [6, 6.07) is 2.24. The van der Waals surface area contributed by atoms with Crippen molar-refractivity contribution < 1.29 is 9.47 Å². The van der Waals surface area contributed by atoms with Crippen LogP contribution in [-0.4, -0.2) is 86.8 Å².